The first kappa shape index (κ1) is 19.8. The molecule has 0 aliphatic heterocycles. The van der Waals surface area contributed by atoms with Crippen molar-refractivity contribution in [1.82, 2.24) is 14.8 Å². The maximum Gasteiger partial charge on any atom is 0.192 e. The zero-order valence-electron chi connectivity index (χ0n) is 15.6. The zero-order valence-corrected chi connectivity index (χ0v) is 18.0. The van der Waals surface area contributed by atoms with E-state index in [0.29, 0.717) is 12.3 Å². The fourth-order valence-electron chi connectivity index (χ4n) is 2.49. The van der Waals surface area contributed by atoms with Gasteiger partial charge in [-0.3, -0.25) is 9.36 Å². The molecule has 0 saturated carbocycles. The predicted octanol–water partition coefficient (Wildman–Crippen LogP) is 5.46. The molecule has 0 saturated heterocycles. The SMILES string of the molecule is CC(C)(C)C(=O)CSc1nnc(-c2ccccc2Br)n1Cc1ccccc1. The number of hydrogen-bond donors (Lipinski definition) is 0. The van der Waals surface area contributed by atoms with Crippen molar-refractivity contribution in [3.05, 3.63) is 64.6 Å². The second-order valence-electron chi connectivity index (χ2n) is 7.32. The molecule has 0 N–H and O–H groups in total. The van der Waals surface area contributed by atoms with Crippen LogP contribution in [0.1, 0.15) is 26.3 Å². The van der Waals surface area contributed by atoms with Gasteiger partial charge in [-0.25, -0.2) is 0 Å². The number of hydrogen-bond acceptors (Lipinski definition) is 4. The minimum Gasteiger partial charge on any atom is -0.298 e. The summed E-state index contributed by atoms with van der Waals surface area (Å²) in [6.45, 7) is 6.47. The van der Waals surface area contributed by atoms with Gasteiger partial charge in [-0.1, -0.05) is 97.0 Å². The van der Waals surface area contributed by atoms with Gasteiger partial charge in [0.2, 0.25) is 0 Å². The Hall–Kier alpha value is -1.92. The van der Waals surface area contributed by atoms with Crippen LogP contribution in [0.5, 0.6) is 0 Å². The van der Waals surface area contributed by atoms with Crippen molar-refractivity contribution in [1.29, 1.82) is 0 Å². The van der Waals surface area contributed by atoms with Crippen LogP contribution in [0.3, 0.4) is 0 Å². The van der Waals surface area contributed by atoms with E-state index in [1.165, 1.54) is 11.8 Å². The molecular formula is C21H22BrN3OS. The quantitative estimate of drug-likeness (QED) is 0.474. The molecule has 1 aromatic heterocycles. The Morgan fingerprint density at radius 2 is 1.70 bits per heavy atom. The lowest BCUT2D eigenvalue weighted by Crippen LogP contribution is -2.22. The Balaban J connectivity index is 1.96. The minimum absolute atomic E-state index is 0.198. The van der Waals surface area contributed by atoms with Gasteiger partial charge >= 0.3 is 0 Å². The highest BCUT2D eigenvalue weighted by Gasteiger charge is 2.23. The Labute approximate surface area is 172 Å². The van der Waals surface area contributed by atoms with E-state index in [1.807, 2.05) is 63.2 Å². The van der Waals surface area contributed by atoms with E-state index in [9.17, 15) is 4.79 Å². The summed E-state index contributed by atoms with van der Waals surface area (Å²) < 4.78 is 3.05. The van der Waals surface area contributed by atoms with Crippen LogP contribution in [0, 0.1) is 5.41 Å². The van der Waals surface area contributed by atoms with Crippen LogP contribution in [-0.2, 0) is 11.3 Å². The van der Waals surface area contributed by atoms with E-state index in [-0.39, 0.29) is 11.2 Å². The predicted molar refractivity (Wildman–Crippen MR) is 114 cm³/mol. The number of Topliss-reactive ketones (excluding diaryl/α,β-unsaturated/α-hetero) is 1. The highest BCUT2D eigenvalue weighted by Crippen LogP contribution is 2.31. The lowest BCUT2D eigenvalue weighted by molar-refractivity contribution is -0.123. The van der Waals surface area contributed by atoms with Crippen molar-refractivity contribution in [3.63, 3.8) is 0 Å². The monoisotopic (exact) mass is 443 g/mol. The second-order valence-corrected chi connectivity index (χ2v) is 9.12. The normalized spacial score (nSPS) is 11.6. The molecule has 4 nitrogen and oxygen atoms in total. The van der Waals surface area contributed by atoms with Crippen LogP contribution in [0.25, 0.3) is 11.4 Å². The highest BCUT2D eigenvalue weighted by atomic mass is 79.9. The summed E-state index contributed by atoms with van der Waals surface area (Å²) in [6.07, 6.45) is 0. The van der Waals surface area contributed by atoms with Crippen LogP contribution in [0.15, 0.2) is 64.2 Å². The summed E-state index contributed by atoms with van der Waals surface area (Å²) in [6, 6.07) is 18.2. The number of ketones is 1. The summed E-state index contributed by atoms with van der Waals surface area (Å²) >= 11 is 5.06. The lowest BCUT2D eigenvalue weighted by atomic mass is 9.92. The maximum atomic E-state index is 12.4. The molecule has 0 unspecified atom stereocenters. The summed E-state index contributed by atoms with van der Waals surface area (Å²) in [5.74, 6) is 1.37. The van der Waals surface area contributed by atoms with Gasteiger partial charge in [-0.15, -0.1) is 10.2 Å². The van der Waals surface area contributed by atoms with E-state index in [1.54, 1.807) is 0 Å². The largest absolute Gasteiger partial charge is 0.298 e. The number of aromatic nitrogens is 3. The summed E-state index contributed by atoms with van der Waals surface area (Å²) in [5.41, 5.74) is 1.78. The van der Waals surface area contributed by atoms with E-state index in [0.717, 1.165) is 26.6 Å². The molecule has 0 aliphatic carbocycles. The van der Waals surface area contributed by atoms with Gasteiger partial charge in [0.25, 0.3) is 0 Å². The van der Waals surface area contributed by atoms with Gasteiger partial charge in [-0.2, -0.15) is 0 Å². The van der Waals surface area contributed by atoms with Crippen molar-refractivity contribution in [2.45, 2.75) is 32.5 Å². The maximum absolute atomic E-state index is 12.4. The number of carbonyl (C=O) groups excluding carboxylic acids is 1. The average molecular weight is 444 g/mol. The molecular weight excluding hydrogens is 422 g/mol. The average Bonchev–Trinajstić information content (AvgIpc) is 3.02. The van der Waals surface area contributed by atoms with Crippen molar-refractivity contribution < 1.29 is 4.79 Å². The molecule has 0 radical (unpaired) electrons. The van der Waals surface area contributed by atoms with Gasteiger partial charge < -0.3 is 0 Å². The third kappa shape index (κ3) is 4.87. The molecule has 0 atom stereocenters. The highest BCUT2D eigenvalue weighted by molar-refractivity contribution is 9.10. The first-order valence-corrected chi connectivity index (χ1v) is 10.5. The molecule has 3 aromatic rings. The first-order valence-electron chi connectivity index (χ1n) is 8.74. The molecule has 0 bridgehead atoms. The number of carbonyl (C=O) groups is 1. The number of rotatable bonds is 6. The molecule has 27 heavy (non-hydrogen) atoms. The van der Waals surface area contributed by atoms with E-state index in [2.05, 4.69) is 42.8 Å². The Morgan fingerprint density at radius 1 is 1.04 bits per heavy atom. The van der Waals surface area contributed by atoms with Crippen LogP contribution in [-0.4, -0.2) is 26.3 Å². The topological polar surface area (TPSA) is 47.8 Å². The molecule has 0 fully saturated rings. The second kappa shape index (κ2) is 8.40. The molecule has 3 rings (SSSR count). The Morgan fingerprint density at radius 3 is 2.37 bits per heavy atom. The van der Waals surface area contributed by atoms with Crippen molar-refractivity contribution in [2.24, 2.45) is 5.41 Å². The standard InChI is InChI=1S/C21H22BrN3OS/c1-21(2,3)18(26)14-27-20-24-23-19(16-11-7-8-12-17(16)22)25(20)13-15-9-5-4-6-10-15/h4-12H,13-14H2,1-3H3. The number of benzene rings is 2. The number of halogens is 1. The smallest absolute Gasteiger partial charge is 0.192 e. The van der Waals surface area contributed by atoms with Gasteiger partial charge in [0.15, 0.2) is 11.0 Å². The van der Waals surface area contributed by atoms with Gasteiger partial charge in [0, 0.05) is 15.5 Å². The number of nitrogens with zero attached hydrogens (tertiary/aromatic N) is 3. The van der Waals surface area contributed by atoms with Gasteiger partial charge in [0.1, 0.15) is 5.78 Å². The van der Waals surface area contributed by atoms with Crippen LogP contribution >= 0.6 is 27.7 Å². The van der Waals surface area contributed by atoms with Crippen molar-refractivity contribution in [3.8, 4) is 11.4 Å². The van der Waals surface area contributed by atoms with Crippen molar-refractivity contribution >= 4 is 33.5 Å². The molecule has 140 valence electrons. The molecule has 2 aromatic carbocycles. The molecule has 0 spiro atoms. The fraction of sp³-hybridized carbons (Fsp3) is 0.286. The van der Waals surface area contributed by atoms with Gasteiger partial charge in [-0.05, 0) is 11.6 Å². The van der Waals surface area contributed by atoms with E-state index >= 15 is 0 Å². The third-order valence-electron chi connectivity index (χ3n) is 4.18. The number of thioether (sulfide) groups is 1. The lowest BCUT2D eigenvalue weighted by Gasteiger charge is -2.16. The van der Waals surface area contributed by atoms with Crippen LogP contribution in [0.4, 0.5) is 0 Å². The van der Waals surface area contributed by atoms with Gasteiger partial charge in [0.05, 0.1) is 12.3 Å². The molecule has 1 heterocycles. The Kier molecular flexibility index (Phi) is 6.17. The van der Waals surface area contributed by atoms with Crippen LogP contribution < -0.4 is 0 Å². The van der Waals surface area contributed by atoms with Crippen molar-refractivity contribution in [2.75, 3.05) is 5.75 Å². The third-order valence-corrected chi connectivity index (χ3v) is 5.84. The van der Waals surface area contributed by atoms with E-state index < -0.39 is 0 Å². The summed E-state index contributed by atoms with van der Waals surface area (Å²) in [5, 5.41) is 9.57. The summed E-state index contributed by atoms with van der Waals surface area (Å²) in [7, 11) is 0. The van der Waals surface area contributed by atoms with E-state index in [4.69, 9.17) is 0 Å². The first-order chi connectivity index (χ1) is 12.9. The zero-order chi connectivity index (χ0) is 19.4. The minimum atomic E-state index is -0.359. The fourth-order valence-corrected chi connectivity index (χ4v) is 4.05. The molecule has 6 heteroatoms. The summed E-state index contributed by atoms with van der Waals surface area (Å²) in [4.78, 5) is 12.4. The molecule has 0 amide bonds. The van der Waals surface area contributed by atoms with Crippen LogP contribution in [0.2, 0.25) is 0 Å². The molecule has 0 aliphatic rings. The Bertz CT molecular complexity index is 932.